The van der Waals surface area contributed by atoms with E-state index >= 15 is 0 Å². The summed E-state index contributed by atoms with van der Waals surface area (Å²) in [6.07, 6.45) is 1.48. The molecule has 0 saturated carbocycles. The molecule has 0 aliphatic carbocycles. The van der Waals surface area contributed by atoms with Gasteiger partial charge in [-0.25, -0.2) is 0 Å². The van der Waals surface area contributed by atoms with Crippen LogP contribution in [0.4, 0.5) is 5.69 Å². The van der Waals surface area contributed by atoms with Crippen LogP contribution in [0.15, 0.2) is 18.2 Å². The van der Waals surface area contributed by atoms with Crippen molar-refractivity contribution in [3.8, 4) is 5.75 Å². The summed E-state index contributed by atoms with van der Waals surface area (Å²) < 4.78 is 5.25. The molecule has 16 heavy (non-hydrogen) atoms. The number of methoxy groups -OCH3 is 1. The van der Waals surface area contributed by atoms with Crippen molar-refractivity contribution >= 4 is 11.5 Å². The van der Waals surface area contributed by atoms with E-state index in [1.807, 2.05) is 25.1 Å². The van der Waals surface area contributed by atoms with Crippen molar-refractivity contribution in [1.82, 2.24) is 0 Å². The van der Waals surface area contributed by atoms with Crippen LogP contribution in [0.1, 0.15) is 25.3 Å². The number of nitrogens with one attached hydrogen (secondary N) is 1. The highest BCUT2D eigenvalue weighted by atomic mass is 16.5. The summed E-state index contributed by atoms with van der Waals surface area (Å²) in [5.74, 6) is 1.08. The summed E-state index contributed by atoms with van der Waals surface area (Å²) in [6.45, 7) is 4.45. The van der Waals surface area contributed by atoms with Gasteiger partial charge < -0.3 is 14.8 Å². The first kappa shape index (κ1) is 12.6. The summed E-state index contributed by atoms with van der Waals surface area (Å²) in [5, 5.41) is 3.28. The number of Topliss-reactive ketones (excluding diaryl/α,β-unsaturated/α-hetero) is 1. The third kappa shape index (κ3) is 3.93. The van der Waals surface area contributed by atoms with Gasteiger partial charge in [-0.05, 0) is 38.0 Å². The molecule has 3 heteroatoms. The molecular formula is C13H19NO2. The Balaban J connectivity index is 2.51. The van der Waals surface area contributed by atoms with Crippen molar-refractivity contribution in [1.29, 1.82) is 0 Å². The maximum atomic E-state index is 10.8. The number of anilines is 1. The Hall–Kier alpha value is -1.51. The lowest BCUT2D eigenvalue weighted by Gasteiger charge is -2.11. The molecule has 1 aromatic carbocycles. The predicted octanol–water partition coefficient (Wildman–Crippen LogP) is 2.78. The third-order valence-electron chi connectivity index (χ3n) is 2.38. The summed E-state index contributed by atoms with van der Waals surface area (Å²) in [6, 6.07) is 6.01. The first-order valence-electron chi connectivity index (χ1n) is 5.51. The molecule has 0 radical (unpaired) electrons. The van der Waals surface area contributed by atoms with E-state index < -0.39 is 0 Å². The highest BCUT2D eigenvalue weighted by molar-refractivity contribution is 5.75. The Bertz CT molecular complexity index is 361. The fourth-order valence-corrected chi connectivity index (χ4v) is 1.52. The minimum atomic E-state index is 0.234. The quantitative estimate of drug-likeness (QED) is 0.751. The molecule has 0 fully saturated rings. The van der Waals surface area contributed by atoms with Gasteiger partial charge in [-0.3, -0.25) is 0 Å². The zero-order chi connectivity index (χ0) is 12.0. The topological polar surface area (TPSA) is 38.3 Å². The lowest BCUT2D eigenvalue weighted by Crippen LogP contribution is -2.05. The molecule has 0 saturated heterocycles. The van der Waals surface area contributed by atoms with E-state index in [4.69, 9.17) is 4.74 Å². The summed E-state index contributed by atoms with van der Waals surface area (Å²) in [4.78, 5) is 10.8. The van der Waals surface area contributed by atoms with Gasteiger partial charge in [0.1, 0.15) is 11.5 Å². The highest BCUT2D eigenvalue weighted by Gasteiger charge is 2.02. The number of hydrogen-bond donors (Lipinski definition) is 1. The first-order chi connectivity index (χ1) is 7.63. The Kier molecular flexibility index (Phi) is 4.83. The number of ether oxygens (including phenoxy) is 1. The molecule has 0 unspecified atom stereocenters. The summed E-state index contributed by atoms with van der Waals surface area (Å²) >= 11 is 0. The molecule has 1 N–H and O–H groups in total. The van der Waals surface area contributed by atoms with Gasteiger partial charge >= 0.3 is 0 Å². The predicted molar refractivity (Wildman–Crippen MR) is 66.1 cm³/mol. The van der Waals surface area contributed by atoms with E-state index in [-0.39, 0.29) is 5.78 Å². The minimum Gasteiger partial charge on any atom is -0.495 e. The van der Waals surface area contributed by atoms with Gasteiger partial charge in [-0.1, -0.05) is 6.07 Å². The van der Waals surface area contributed by atoms with Crippen LogP contribution in [0, 0.1) is 6.92 Å². The van der Waals surface area contributed by atoms with Gasteiger partial charge in [0.15, 0.2) is 0 Å². The zero-order valence-corrected chi connectivity index (χ0v) is 10.2. The second kappa shape index (κ2) is 6.16. The maximum absolute atomic E-state index is 10.8. The number of rotatable bonds is 6. The van der Waals surface area contributed by atoms with E-state index in [1.165, 1.54) is 5.56 Å². The molecule has 0 amide bonds. The normalized spacial score (nSPS) is 9.94. The van der Waals surface area contributed by atoms with Crippen LogP contribution in [0.3, 0.4) is 0 Å². The van der Waals surface area contributed by atoms with Gasteiger partial charge in [0.25, 0.3) is 0 Å². The standard InChI is InChI=1S/C13H19NO2/c1-10-6-7-13(16-3)12(9-10)14-8-4-5-11(2)15/h6-7,9,14H,4-5,8H2,1-3H3. The highest BCUT2D eigenvalue weighted by Crippen LogP contribution is 2.24. The van der Waals surface area contributed by atoms with Crippen LogP contribution in [0.25, 0.3) is 0 Å². The molecule has 3 nitrogen and oxygen atoms in total. The summed E-state index contributed by atoms with van der Waals surface area (Å²) in [5.41, 5.74) is 2.18. The van der Waals surface area contributed by atoms with Crippen LogP contribution in [0.5, 0.6) is 5.75 Å². The van der Waals surface area contributed by atoms with Crippen molar-refractivity contribution in [2.75, 3.05) is 19.0 Å². The van der Waals surface area contributed by atoms with E-state index in [9.17, 15) is 4.79 Å². The second-order valence-corrected chi connectivity index (χ2v) is 3.94. The lowest BCUT2D eigenvalue weighted by molar-refractivity contribution is -0.117. The van der Waals surface area contributed by atoms with Crippen LogP contribution >= 0.6 is 0 Å². The number of benzene rings is 1. The third-order valence-corrected chi connectivity index (χ3v) is 2.38. The minimum absolute atomic E-state index is 0.234. The number of carbonyl (C=O) groups excluding carboxylic acids is 1. The molecule has 0 atom stereocenters. The average molecular weight is 221 g/mol. The zero-order valence-electron chi connectivity index (χ0n) is 10.2. The SMILES string of the molecule is COc1ccc(C)cc1NCCCC(C)=O. The Morgan fingerprint density at radius 3 is 2.81 bits per heavy atom. The van der Waals surface area contributed by atoms with Crippen molar-refractivity contribution in [3.63, 3.8) is 0 Å². The van der Waals surface area contributed by atoms with Crippen LogP contribution in [-0.2, 0) is 4.79 Å². The van der Waals surface area contributed by atoms with Crippen molar-refractivity contribution in [2.45, 2.75) is 26.7 Å². The second-order valence-electron chi connectivity index (χ2n) is 3.94. The molecule has 0 aromatic heterocycles. The van der Waals surface area contributed by atoms with E-state index in [0.29, 0.717) is 6.42 Å². The lowest BCUT2D eigenvalue weighted by atomic mass is 10.2. The smallest absolute Gasteiger partial charge is 0.141 e. The van der Waals surface area contributed by atoms with Crippen molar-refractivity contribution in [3.05, 3.63) is 23.8 Å². The molecule has 0 aliphatic heterocycles. The average Bonchev–Trinajstić information content (AvgIpc) is 2.24. The van der Waals surface area contributed by atoms with Crippen LogP contribution < -0.4 is 10.1 Å². The molecule has 1 rings (SSSR count). The van der Waals surface area contributed by atoms with Crippen LogP contribution in [-0.4, -0.2) is 19.4 Å². The molecule has 0 bridgehead atoms. The van der Waals surface area contributed by atoms with Gasteiger partial charge in [0, 0.05) is 13.0 Å². The largest absolute Gasteiger partial charge is 0.495 e. The Labute approximate surface area is 96.8 Å². The molecular weight excluding hydrogens is 202 g/mol. The van der Waals surface area contributed by atoms with Gasteiger partial charge in [0.2, 0.25) is 0 Å². The molecule has 88 valence electrons. The van der Waals surface area contributed by atoms with E-state index in [1.54, 1.807) is 14.0 Å². The number of aryl methyl sites for hydroxylation is 1. The molecule has 0 heterocycles. The van der Waals surface area contributed by atoms with Gasteiger partial charge in [-0.15, -0.1) is 0 Å². The fourth-order valence-electron chi connectivity index (χ4n) is 1.52. The van der Waals surface area contributed by atoms with Gasteiger partial charge in [0.05, 0.1) is 12.8 Å². The van der Waals surface area contributed by atoms with Gasteiger partial charge in [-0.2, -0.15) is 0 Å². The molecule has 1 aromatic rings. The number of carbonyl (C=O) groups is 1. The van der Waals surface area contributed by atoms with Crippen LogP contribution in [0.2, 0.25) is 0 Å². The summed E-state index contributed by atoms with van der Waals surface area (Å²) in [7, 11) is 1.66. The van der Waals surface area contributed by atoms with Crippen molar-refractivity contribution in [2.24, 2.45) is 0 Å². The number of ketones is 1. The van der Waals surface area contributed by atoms with E-state index in [2.05, 4.69) is 5.32 Å². The van der Waals surface area contributed by atoms with E-state index in [0.717, 1.165) is 24.4 Å². The first-order valence-corrected chi connectivity index (χ1v) is 5.51. The molecule has 0 spiro atoms. The monoisotopic (exact) mass is 221 g/mol. The Morgan fingerprint density at radius 1 is 1.44 bits per heavy atom. The fraction of sp³-hybridized carbons (Fsp3) is 0.462. The van der Waals surface area contributed by atoms with Crippen molar-refractivity contribution < 1.29 is 9.53 Å². The number of hydrogen-bond acceptors (Lipinski definition) is 3. The molecule has 0 aliphatic rings. The maximum Gasteiger partial charge on any atom is 0.141 e. The Morgan fingerprint density at radius 2 is 2.19 bits per heavy atom.